The first-order valence-electron chi connectivity index (χ1n) is 14.4. The van der Waals surface area contributed by atoms with Crippen molar-refractivity contribution in [3.63, 3.8) is 0 Å². The molecular weight excluding hydrogens is 600 g/mol. The standard InChI is InChI=1S/C33H35ClN4O5S/c1-20-6-4-5-7-26(20)21(2)19-43-33(41)37-24-9-13-30(44(42)25-10-11-25)22(14-24)18-38(3)31(39)17-35-23-8-12-27-28(15-23)32(40)36-16-29(27)34/h4-9,12-16,21,25,35H,10-11,17-19H2,1-3H3,(H,36,40)(H,37,41). The third-order valence-corrected chi connectivity index (χ3v) is 9.88. The number of halogens is 1. The van der Waals surface area contributed by atoms with E-state index in [4.69, 9.17) is 16.3 Å². The number of amides is 2. The number of pyridine rings is 1. The van der Waals surface area contributed by atoms with Crippen LogP contribution in [0.25, 0.3) is 10.8 Å². The molecule has 0 bridgehead atoms. The first kappa shape index (κ1) is 31.3. The number of aromatic nitrogens is 1. The predicted molar refractivity (Wildman–Crippen MR) is 175 cm³/mol. The van der Waals surface area contributed by atoms with Gasteiger partial charge in [0.05, 0.1) is 34.4 Å². The topological polar surface area (TPSA) is 121 Å². The van der Waals surface area contributed by atoms with Gasteiger partial charge >= 0.3 is 6.09 Å². The summed E-state index contributed by atoms with van der Waals surface area (Å²) >= 11 is 6.18. The summed E-state index contributed by atoms with van der Waals surface area (Å²) < 4.78 is 18.7. The summed E-state index contributed by atoms with van der Waals surface area (Å²) in [4.78, 5) is 42.8. The van der Waals surface area contributed by atoms with E-state index in [1.807, 2.05) is 38.1 Å². The number of H-pyrrole nitrogens is 1. The molecule has 1 fully saturated rings. The molecule has 3 N–H and O–H groups in total. The molecule has 1 aromatic heterocycles. The maximum Gasteiger partial charge on any atom is 0.411 e. The van der Waals surface area contributed by atoms with E-state index in [1.54, 1.807) is 43.4 Å². The molecule has 4 aromatic rings. The molecule has 11 heteroatoms. The number of hydrogen-bond acceptors (Lipinski definition) is 6. The number of hydrogen-bond donors (Lipinski definition) is 3. The number of aromatic amines is 1. The highest BCUT2D eigenvalue weighted by molar-refractivity contribution is 7.86. The molecule has 3 aromatic carbocycles. The molecule has 2 unspecified atom stereocenters. The average Bonchev–Trinajstić information content (AvgIpc) is 3.86. The van der Waals surface area contributed by atoms with Crippen molar-refractivity contribution in [2.24, 2.45) is 0 Å². The number of nitrogens with one attached hydrogen (secondary N) is 3. The lowest BCUT2D eigenvalue weighted by Gasteiger charge is -2.21. The van der Waals surface area contributed by atoms with Gasteiger partial charge in [-0.1, -0.05) is 48.9 Å². The van der Waals surface area contributed by atoms with Gasteiger partial charge in [-0.15, -0.1) is 0 Å². The smallest absolute Gasteiger partial charge is 0.411 e. The molecule has 0 spiro atoms. The van der Waals surface area contributed by atoms with Gasteiger partial charge in [0.1, 0.15) is 0 Å². The number of anilines is 2. The Balaban J connectivity index is 1.23. The molecule has 5 rings (SSSR count). The van der Waals surface area contributed by atoms with Crippen molar-refractivity contribution in [2.75, 3.05) is 30.8 Å². The summed E-state index contributed by atoms with van der Waals surface area (Å²) in [6.45, 7) is 4.42. The second kappa shape index (κ2) is 13.7. The number of nitrogens with zero attached hydrogens (tertiary/aromatic N) is 1. The molecule has 44 heavy (non-hydrogen) atoms. The minimum atomic E-state index is -1.21. The third kappa shape index (κ3) is 7.49. The molecule has 2 atom stereocenters. The van der Waals surface area contributed by atoms with Gasteiger partial charge in [0.15, 0.2) is 0 Å². The largest absolute Gasteiger partial charge is 0.449 e. The molecule has 0 radical (unpaired) electrons. The fourth-order valence-corrected chi connectivity index (χ4v) is 6.74. The summed E-state index contributed by atoms with van der Waals surface area (Å²) in [5.74, 6) is -0.182. The Kier molecular flexibility index (Phi) is 9.71. The van der Waals surface area contributed by atoms with Crippen molar-refractivity contribution in [2.45, 2.75) is 49.3 Å². The number of aryl methyl sites for hydroxylation is 1. The highest BCUT2D eigenvalue weighted by Gasteiger charge is 2.31. The molecule has 0 saturated heterocycles. The Morgan fingerprint density at radius 1 is 1.09 bits per heavy atom. The molecule has 0 aliphatic heterocycles. The van der Waals surface area contributed by atoms with Crippen molar-refractivity contribution in [1.82, 2.24) is 9.88 Å². The van der Waals surface area contributed by atoms with Gasteiger partial charge < -0.3 is 19.9 Å². The van der Waals surface area contributed by atoms with E-state index in [9.17, 15) is 18.6 Å². The number of likely N-dealkylation sites (N-methyl/N-ethyl adjacent to an activating group) is 1. The zero-order chi connectivity index (χ0) is 31.4. The molecule has 1 saturated carbocycles. The van der Waals surface area contributed by atoms with Crippen LogP contribution in [0.5, 0.6) is 0 Å². The van der Waals surface area contributed by atoms with Gasteiger partial charge in [-0.05, 0) is 66.8 Å². The summed E-state index contributed by atoms with van der Waals surface area (Å²) in [6.07, 6.45) is 2.66. The number of rotatable bonds is 11. The molecule has 1 aliphatic carbocycles. The Morgan fingerprint density at radius 2 is 1.84 bits per heavy atom. The predicted octanol–water partition coefficient (Wildman–Crippen LogP) is 6.18. The van der Waals surface area contributed by atoms with Crippen LogP contribution >= 0.6 is 11.6 Å². The maximum absolute atomic E-state index is 13.2. The van der Waals surface area contributed by atoms with Crippen molar-refractivity contribution < 1.29 is 18.5 Å². The van der Waals surface area contributed by atoms with Crippen LogP contribution in [0.4, 0.5) is 16.2 Å². The quantitative estimate of drug-likeness (QED) is 0.181. The molecule has 230 valence electrons. The first-order chi connectivity index (χ1) is 21.1. The van der Waals surface area contributed by atoms with E-state index in [0.717, 1.165) is 24.0 Å². The van der Waals surface area contributed by atoms with E-state index in [1.165, 1.54) is 11.1 Å². The van der Waals surface area contributed by atoms with Crippen LogP contribution in [0.2, 0.25) is 5.02 Å². The lowest BCUT2D eigenvalue weighted by Crippen LogP contribution is -2.32. The highest BCUT2D eigenvalue weighted by atomic mass is 35.5. The van der Waals surface area contributed by atoms with Crippen LogP contribution < -0.4 is 16.2 Å². The van der Waals surface area contributed by atoms with Crippen LogP contribution in [-0.2, 0) is 26.9 Å². The third-order valence-electron chi connectivity index (χ3n) is 7.66. The average molecular weight is 635 g/mol. The molecular formula is C33H35ClN4O5S. The first-order valence-corrected chi connectivity index (χ1v) is 16.0. The van der Waals surface area contributed by atoms with Crippen molar-refractivity contribution in [1.29, 1.82) is 0 Å². The molecule has 2 amide bonds. The minimum absolute atomic E-state index is 0.0230. The van der Waals surface area contributed by atoms with E-state index in [0.29, 0.717) is 37.6 Å². The minimum Gasteiger partial charge on any atom is -0.449 e. The van der Waals surface area contributed by atoms with Gasteiger partial charge in [-0.3, -0.25) is 19.1 Å². The Morgan fingerprint density at radius 3 is 2.59 bits per heavy atom. The van der Waals surface area contributed by atoms with Crippen molar-refractivity contribution in [3.05, 3.63) is 98.9 Å². The van der Waals surface area contributed by atoms with E-state index < -0.39 is 16.9 Å². The van der Waals surface area contributed by atoms with Crippen LogP contribution in [0.15, 0.2) is 76.6 Å². The number of benzene rings is 3. The fourth-order valence-electron chi connectivity index (χ4n) is 5.01. The van der Waals surface area contributed by atoms with Gasteiger partial charge in [-0.2, -0.15) is 0 Å². The summed E-state index contributed by atoms with van der Waals surface area (Å²) in [5, 5.41) is 7.43. The van der Waals surface area contributed by atoms with E-state index in [-0.39, 0.29) is 42.3 Å². The van der Waals surface area contributed by atoms with Gasteiger partial charge in [0.25, 0.3) is 5.56 Å². The zero-order valence-electron chi connectivity index (χ0n) is 24.8. The summed E-state index contributed by atoms with van der Waals surface area (Å²) in [7, 11) is 0.455. The van der Waals surface area contributed by atoms with Crippen LogP contribution in [-0.4, -0.2) is 51.5 Å². The number of ether oxygens (including phenoxy) is 1. The monoisotopic (exact) mass is 634 g/mol. The Hall–Kier alpha value is -4.15. The second-order valence-electron chi connectivity index (χ2n) is 11.1. The van der Waals surface area contributed by atoms with Crippen LogP contribution in [0.3, 0.4) is 0 Å². The van der Waals surface area contributed by atoms with E-state index >= 15 is 0 Å². The summed E-state index contributed by atoms with van der Waals surface area (Å²) in [6, 6.07) is 18.4. The number of carbonyl (C=O) groups is 2. The summed E-state index contributed by atoms with van der Waals surface area (Å²) in [5.41, 5.74) is 3.76. The van der Waals surface area contributed by atoms with Crippen molar-refractivity contribution >= 4 is 56.5 Å². The SMILES string of the molecule is Cc1ccccc1C(C)COC(=O)Nc1ccc(S(=O)C2CC2)c(CN(C)C(=O)CNc2ccc3c(Cl)c[nH]c(=O)c3c2)c1. The Labute approximate surface area is 263 Å². The molecule has 1 heterocycles. The highest BCUT2D eigenvalue weighted by Crippen LogP contribution is 2.33. The number of fused-ring (bicyclic) bond motifs is 1. The maximum atomic E-state index is 13.2. The second-order valence-corrected chi connectivity index (χ2v) is 13.2. The zero-order valence-corrected chi connectivity index (χ0v) is 26.4. The molecule has 9 nitrogen and oxygen atoms in total. The van der Waals surface area contributed by atoms with Crippen LogP contribution in [0.1, 0.15) is 42.4 Å². The van der Waals surface area contributed by atoms with Crippen molar-refractivity contribution in [3.8, 4) is 0 Å². The van der Waals surface area contributed by atoms with E-state index in [2.05, 4.69) is 15.6 Å². The molecule has 1 aliphatic rings. The van der Waals surface area contributed by atoms with Crippen LogP contribution in [0, 0.1) is 6.92 Å². The lowest BCUT2D eigenvalue weighted by molar-refractivity contribution is -0.128. The van der Waals surface area contributed by atoms with Gasteiger partial charge in [0.2, 0.25) is 5.91 Å². The fraction of sp³-hybridized carbons (Fsp3) is 0.303. The normalized spacial score (nSPS) is 14.1. The lowest BCUT2D eigenvalue weighted by atomic mass is 9.97. The Bertz CT molecular complexity index is 1790. The van der Waals surface area contributed by atoms with Gasteiger partial charge in [0, 0.05) is 52.6 Å². The van der Waals surface area contributed by atoms with Gasteiger partial charge in [-0.25, -0.2) is 4.79 Å². The number of carbonyl (C=O) groups excluding carboxylic acids is 2.